The molecule has 0 radical (unpaired) electrons. The zero-order valence-corrected chi connectivity index (χ0v) is 45.3. The molecule has 446 valence electrons. The van der Waals surface area contributed by atoms with Crippen molar-refractivity contribution in [2.45, 2.75) is 247 Å². The predicted octanol–water partition coefficient (Wildman–Crippen LogP) is -2.10. The summed E-state index contributed by atoms with van der Waals surface area (Å²) < 4.78 is 48.7. The molecule has 77 heavy (non-hydrogen) atoms. The Balaban J connectivity index is 1.02. The standard InChI is InChI=1S/C53H90O24/c1-22(2)25(77-68)10-16-53(8,76-47-43(67)39(63)37(61)29(73-47)21-69-45-41(65)36(60)28(20-56)70-45)23-9-14-52(7)33(23)24(57)17-31-50(5)13-12-32(49(3,4)30(50)11-15-51(31,52)6)74-48-44(40(64)35(59)27(19-55)72-48)75-46-42(66)38(62)34(58)26(18-54)71-46/h23-48,54-68H,1,9-21H2,2-8H3. The Morgan fingerprint density at radius 3 is 1.71 bits per heavy atom. The summed E-state index contributed by atoms with van der Waals surface area (Å²) in [5, 5.41) is 161. The maximum atomic E-state index is 12.9. The molecule has 4 saturated heterocycles. The predicted molar refractivity (Wildman–Crippen MR) is 263 cm³/mol. The van der Waals surface area contributed by atoms with E-state index in [0.29, 0.717) is 37.7 Å². The molecule has 4 aliphatic heterocycles. The molecule has 8 aliphatic rings. The van der Waals surface area contributed by atoms with Gasteiger partial charge in [-0.1, -0.05) is 41.2 Å². The second kappa shape index (κ2) is 23.4. The maximum absolute atomic E-state index is 12.9. The summed E-state index contributed by atoms with van der Waals surface area (Å²) in [6.45, 7) is 16.1. The lowest BCUT2D eigenvalue weighted by molar-refractivity contribution is -0.378. The van der Waals surface area contributed by atoms with Gasteiger partial charge >= 0.3 is 0 Å². The first-order chi connectivity index (χ1) is 36.1. The van der Waals surface area contributed by atoms with E-state index >= 15 is 0 Å². The van der Waals surface area contributed by atoms with Gasteiger partial charge in [-0.15, -0.1) is 0 Å². The molecule has 15 N–H and O–H groups in total. The van der Waals surface area contributed by atoms with Gasteiger partial charge in [0.15, 0.2) is 25.2 Å². The van der Waals surface area contributed by atoms with Gasteiger partial charge in [0.05, 0.1) is 44.2 Å². The van der Waals surface area contributed by atoms with E-state index < -0.39 is 184 Å². The van der Waals surface area contributed by atoms with Gasteiger partial charge < -0.3 is 109 Å². The number of fused-ring (bicyclic) bond motifs is 5. The minimum absolute atomic E-state index is 0.00676. The van der Waals surface area contributed by atoms with Gasteiger partial charge in [0.1, 0.15) is 97.7 Å². The van der Waals surface area contributed by atoms with Crippen molar-refractivity contribution in [2.75, 3.05) is 26.4 Å². The largest absolute Gasteiger partial charge is 0.394 e. The average Bonchev–Trinajstić information content (AvgIpc) is 4.14. The van der Waals surface area contributed by atoms with E-state index in [9.17, 15) is 76.7 Å². The molecule has 4 saturated carbocycles. The molecule has 24 nitrogen and oxygen atoms in total. The molecule has 0 aromatic heterocycles. The van der Waals surface area contributed by atoms with Gasteiger partial charge in [0.25, 0.3) is 0 Å². The minimum Gasteiger partial charge on any atom is -0.394 e. The quantitative estimate of drug-likeness (QED) is 0.0303. The summed E-state index contributed by atoms with van der Waals surface area (Å²) in [5.41, 5.74) is -2.50. The first kappa shape index (κ1) is 61.8. The number of ether oxygens (including phenoxy) is 8. The maximum Gasteiger partial charge on any atom is 0.187 e. The first-order valence-electron chi connectivity index (χ1n) is 27.6. The fourth-order valence-corrected chi connectivity index (χ4v) is 16.2. The number of aliphatic hydroxyl groups is 14. The van der Waals surface area contributed by atoms with Crippen molar-refractivity contribution in [2.24, 2.45) is 45.3 Å². The Kier molecular flexibility index (Phi) is 18.8. The van der Waals surface area contributed by atoms with E-state index in [0.717, 1.165) is 12.8 Å². The van der Waals surface area contributed by atoms with Crippen LogP contribution in [0.5, 0.6) is 0 Å². The highest BCUT2D eigenvalue weighted by molar-refractivity contribution is 5.21. The average molecular weight is 1110 g/mol. The third-order valence-electron chi connectivity index (χ3n) is 20.9. The Morgan fingerprint density at radius 1 is 0.597 bits per heavy atom. The van der Waals surface area contributed by atoms with Crippen LogP contribution in [0.3, 0.4) is 0 Å². The summed E-state index contributed by atoms with van der Waals surface area (Å²) >= 11 is 0. The minimum atomic E-state index is -1.83. The van der Waals surface area contributed by atoms with E-state index in [1.165, 1.54) is 0 Å². The van der Waals surface area contributed by atoms with Crippen LogP contribution in [0, 0.1) is 45.3 Å². The highest BCUT2D eigenvalue weighted by atomic mass is 17.1. The SMILES string of the molecule is C=C(C)C(CCC(C)(OC1OC(COC2OC(CO)C(O)C2O)C(O)C(O)C1O)C1CCC2(C)C1C(O)CC1C3(C)CCC(OC4OC(CO)C(O)C(O)C4OC4OC(CO)C(O)C(O)C4O)C(C)(C)C3CCC12C)OO. The van der Waals surface area contributed by atoms with E-state index in [-0.39, 0.29) is 41.4 Å². The van der Waals surface area contributed by atoms with Crippen LogP contribution in [0.15, 0.2) is 12.2 Å². The van der Waals surface area contributed by atoms with Crippen molar-refractivity contribution in [1.29, 1.82) is 0 Å². The normalized spacial score (nSPS) is 52.0. The molecule has 0 bridgehead atoms. The molecule has 0 spiro atoms. The monoisotopic (exact) mass is 1110 g/mol. The zero-order chi connectivity index (χ0) is 56.6. The summed E-state index contributed by atoms with van der Waals surface area (Å²) in [6.07, 6.45) is -27.0. The summed E-state index contributed by atoms with van der Waals surface area (Å²) in [4.78, 5) is 4.85. The number of rotatable bonds is 18. The lowest BCUT2D eigenvalue weighted by Gasteiger charge is -2.71. The summed E-state index contributed by atoms with van der Waals surface area (Å²) in [7, 11) is 0. The number of aliphatic hydroxyl groups excluding tert-OH is 14. The molecule has 24 heteroatoms. The Hall–Kier alpha value is -1.22. The number of hydrogen-bond acceptors (Lipinski definition) is 24. The van der Waals surface area contributed by atoms with Crippen molar-refractivity contribution in [3.8, 4) is 0 Å². The Morgan fingerprint density at radius 2 is 1.12 bits per heavy atom. The second-order valence-electron chi connectivity index (χ2n) is 25.4. The van der Waals surface area contributed by atoms with E-state index in [4.69, 9.17) is 42.8 Å². The molecular formula is C53H90O24. The van der Waals surface area contributed by atoms with Gasteiger partial charge in [-0.3, -0.25) is 5.26 Å². The third-order valence-corrected chi connectivity index (χ3v) is 20.9. The lowest BCUT2D eigenvalue weighted by Crippen LogP contribution is -2.68. The number of hydrogen-bond donors (Lipinski definition) is 15. The smallest absolute Gasteiger partial charge is 0.187 e. The Bertz CT molecular complexity index is 1990. The molecule has 0 aromatic carbocycles. The fourth-order valence-electron chi connectivity index (χ4n) is 16.2. The van der Waals surface area contributed by atoms with Crippen LogP contribution in [0.2, 0.25) is 0 Å². The third kappa shape index (κ3) is 10.8. The van der Waals surface area contributed by atoms with Gasteiger partial charge in [-0.25, -0.2) is 4.89 Å². The van der Waals surface area contributed by atoms with Gasteiger partial charge in [0.2, 0.25) is 0 Å². The van der Waals surface area contributed by atoms with Crippen molar-refractivity contribution >= 4 is 0 Å². The van der Waals surface area contributed by atoms with E-state index in [2.05, 4.69) is 41.2 Å². The summed E-state index contributed by atoms with van der Waals surface area (Å²) in [5.74, 6) is -0.761. The van der Waals surface area contributed by atoms with Crippen LogP contribution in [0.4, 0.5) is 0 Å². The van der Waals surface area contributed by atoms with E-state index in [1.807, 2.05) is 6.92 Å². The molecular weight excluding hydrogens is 1020 g/mol. The molecule has 8 fully saturated rings. The van der Waals surface area contributed by atoms with Gasteiger partial charge in [-0.2, -0.15) is 0 Å². The first-order valence-corrected chi connectivity index (χ1v) is 27.6. The van der Waals surface area contributed by atoms with Crippen LogP contribution in [0.25, 0.3) is 0 Å². The summed E-state index contributed by atoms with van der Waals surface area (Å²) in [6, 6.07) is 0. The van der Waals surface area contributed by atoms with Crippen molar-refractivity contribution in [3.63, 3.8) is 0 Å². The molecule has 0 aromatic rings. The molecule has 4 aliphatic carbocycles. The lowest BCUT2D eigenvalue weighted by atomic mass is 9.35. The van der Waals surface area contributed by atoms with Crippen molar-refractivity contribution in [3.05, 3.63) is 12.2 Å². The highest BCUT2D eigenvalue weighted by Crippen LogP contribution is 2.76. The van der Waals surface area contributed by atoms with Crippen LogP contribution in [0.1, 0.15) is 106 Å². The molecule has 4 heterocycles. The van der Waals surface area contributed by atoms with Crippen molar-refractivity contribution in [1.82, 2.24) is 0 Å². The molecule has 30 unspecified atom stereocenters. The highest BCUT2D eigenvalue weighted by Gasteiger charge is 2.72. The molecule has 0 amide bonds. The fraction of sp³-hybridized carbons (Fsp3) is 0.962. The van der Waals surface area contributed by atoms with Crippen LogP contribution < -0.4 is 0 Å². The van der Waals surface area contributed by atoms with Crippen LogP contribution in [-0.4, -0.2) is 244 Å². The molecule has 8 rings (SSSR count). The van der Waals surface area contributed by atoms with Gasteiger partial charge in [0, 0.05) is 0 Å². The Labute approximate surface area is 449 Å². The second-order valence-corrected chi connectivity index (χ2v) is 25.4. The van der Waals surface area contributed by atoms with Crippen molar-refractivity contribution < 1.29 is 120 Å². The van der Waals surface area contributed by atoms with Gasteiger partial charge in [-0.05, 0) is 123 Å². The van der Waals surface area contributed by atoms with E-state index in [1.54, 1.807) is 6.92 Å². The van der Waals surface area contributed by atoms with Crippen LogP contribution in [-0.2, 0) is 42.8 Å². The topological polar surface area (TPSA) is 387 Å². The molecule has 30 atom stereocenters. The van der Waals surface area contributed by atoms with Crippen LogP contribution >= 0.6 is 0 Å². The zero-order valence-electron chi connectivity index (χ0n) is 45.3.